The number of carbonyl (C=O) groups is 1. The van der Waals surface area contributed by atoms with Crippen LogP contribution in [-0.2, 0) is 4.79 Å². The second-order valence-electron chi connectivity index (χ2n) is 4.34. The molecule has 0 saturated heterocycles. The van der Waals surface area contributed by atoms with Crippen molar-refractivity contribution >= 4 is 11.7 Å². The summed E-state index contributed by atoms with van der Waals surface area (Å²) in [7, 11) is 0. The second-order valence-corrected chi connectivity index (χ2v) is 4.34. The Balaban J connectivity index is 2.26. The summed E-state index contributed by atoms with van der Waals surface area (Å²) >= 11 is 0. The summed E-state index contributed by atoms with van der Waals surface area (Å²) in [5.74, 6) is 0.299. The molecule has 1 N–H and O–H groups in total. The molecule has 0 radical (unpaired) electrons. The average Bonchev–Trinajstić information content (AvgIpc) is 3.01. The highest BCUT2D eigenvalue weighted by molar-refractivity contribution is 6.06. The van der Waals surface area contributed by atoms with E-state index in [-0.39, 0.29) is 11.9 Å². The van der Waals surface area contributed by atoms with Gasteiger partial charge in [0, 0.05) is 18.5 Å². The third-order valence-electron chi connectivity index (χ3n) is 2.78. The first kappa shape index (κ1) is 10.9. The molecule has 3 heteroatoms. The lowest BCUT2D eigenvalue weighted by Crippen LogP contribution is -2.37. The van der Waals surface area contributed by atoms with Gasteiger partial charge >= 0.3 is 0 Å². The van der Waals surface area contributed by atoms with Crippen LogP contribution in [0.15, 0.2) is 24.3 Å². The third kappa shape index (κ3) is 2.13. The largest absolute Gasteiger partial charge is 0.294 e. The summed E-state index contributed by atoms with van der Waals surface area (Å²) in [5, 5.41) is 8.09. The summed E-state index contributed by atoms with van der Waals surface area (Å²) in [6.07, 6.45) is 2.04. The van der Waals surface area contributed by atoms with Crippen LogP contribution in [-0.4, -0.2) is 22.7 Å². The lowest BCUT2D eigenvalue weighted by molar-refractivity contribution is -0.125. The Bertz CT molecular complexity index is 435. The summed E-state index contributed by atoms with van der Waals surface area (Å²) in [6, 6.07) is 8.00. The number of benzene rings is 1. The van der Waals surface area contributed by atoms with Gasteiger partial charge in [-0.3, -0.25) is 15.1 Å². The van der Waals surface area contributed by atoms with Gasteiger partial charge in [0.2, 0.25) is 5.91 Å². The number of amidine groups is 1. The number of rotatable bonds is 2. The molecule has 84 valence electrons. The maximum Gasteiger partial charge on any atom is 0.225 e. The van der Waals surface area contributed by atoms with Gasteiger partial charge in [0.1, 0.15) is 5.84 Å². The highest BCUT2D eigenvalue weighted by atomic mass is 16.2. The zero-order valence-corrected chi connectivity index (χ0v) is 9.66. The Hall–Kier alpha value is -1.64. The van der Waals surface area contributed by atoms with Gasteiger partial charge in [0.05, 0.1) is 0 Å². The van der Waals surface area contributed by atoms with E-state index >= 15 is 0 Å². The van der Waals surface area contributed by atoms with Crippen molar-refractivity contribution in [2.24, 2.45) is 0 Å². The predicted molar refractivity (Wildman–Crippen MR) is 63.5 cm³/mol. The number of nitrogens with one attached hydrogen (secondary N) is 1. The summed E-state index contributed by atoms with van der Waals surface area (Å²) in [5.41, 5.74) is 1.93. The van der Waals surface area contributed by atoms with Crippen molar-refractivity contribution in [2.75, 3.05) is 0 Å². The molecule has 1 fully saturated rings. The molecule has 1 amide bonds. The Kier molecular flexibility index (Phi) is 2.77. The van der Waals surface area contributed by atoms with Crippen molar-refractivity contribution in [2.45, 2.75) is 32.7 Å². The van der Waals surface area contributed by atoms with E-state index in [0.717, 1.165) is 24.0 Å². The van der Waals surface area contributed by atoms with E-state index < -0.39 is 0 Å². The molecule has 0 aliphatic heterocycles. The Morgan fingerprint density at radius 3 is 2.62 bits per heavy atom. The minimum Gasteiger partial charge on any atom is -0.294 e. The van der Waals surface area contributed by atoms with Crippen LogP contribution < -0.4 is 0 Å². The predicted octanol–water partition coefficient (Wildman–Crippen LogP) is 2.33. The molecule has 0 bridgehead atoms. The number of carbonyl (C=O) groups excluding carboxylic acids is 1. The summed E-state index contributed by atoms with van der Waals surface area (Å²) in [6.45, 7) is 3.52. The van der Waals surface area contributed by atoms with Crippen LogP contribution in [0, 0.1) is 12.3 Å². The van der Waals surface area contributed by atoms with Crippen molar-refractivity contribution < 1.29 is 4.79 Å². The normalized spacial score (nSPS) is 14.6. The van der Waals surface area contributed by atoms with Crippen LogP contribution in [0.25, 0.3) is 0 Å². The van der Waals surface area contributed by atoms with Gasteiger partial charge in [0.15, 0.2) is 0 Å². The number of amides is 1. The molecule has 3 nitrogen and oxygen atoms in total. The van der Waals surface area contributed by atoms with Crippen LogP contribution in [0.4, 0.5) is 0 Å². The van der Waals surface area contributed by atoms with Crippen LogP contribution in [0.5, 0.6) is 0 Å². The maximum atomic E-state index is 11.5. The molecule has 0 spiro atoms. The standard InChI is InChI=1S/C13H16N2O/c1-9-4-3-5-11(8-9)13(14)15(10(2)16)12-6-7-12/h3-5,8,12,14H,6-7H2,1-2H3. The zero-order valence-electron chi connectivity index (χ0n) is 9.66. The van der Waals surface area contributed by atoms with Crippen molar-refractivity contribution in [3.8, 4) is 0 Å². The molecule has 0 aromatic heterocycles. The molecule has 0 unspecified atom stereocenters. The fourth-order valence-electron chi connectivity index (χ4n) is 1.86. The highest BCUT2D eigenvalue weighted by Gasteiger charge is 2.33. The number of aryl methyl sites for hydroxylation is 1. The quantitative estimate of drug-likeness (QED) is 0.598. The van der Waals surface area contributed by atoms with E-state index in [4.69, 9.17) is 5.41 Å². The van der Waals surface area contributed by atoms with Gasteiger partial charge in [-0.15, -0.1) is 0 Å². The lowest BCUT2D eigenvalue weighted by Gasteiger charge is -2.21. The van der Waals surface area contributed by atoms with E-state index in [0.29, 0.717) is 5.84 Å². The maximum absolute atomic E-state index is 11.5. The van der Waals surface area contributed by atoms with E-state index in [1.165, 1.54) is 6.92 Å². The van der Waals surface area contributed by atoms with Crippen LogP contribution in [0.3, 0.4) is 0 Å². The Labute approximate surface area is 95.6 Å². The monoisotopic (exact) mass is 216 g/mol. The topological polar surface area (TPSA) is 44.2 Å². The van der Waals surface area contributed by atoms with Gasteiger partial charge in [-0.2, -0.15) is 0 Å². The van der Waals surface area contributed by atoms with Crippen LogP contribution in [0.2, 0.25) is 0 Å². The van der Waals surface area contributed by atoms with Gasteiger partial charge in [0.25, 0.3) is 0 Å². The molecule has 0 atom stereocenters. The minimum atomic E-state index is -0.0333. The molecule has 1 aromatic carbocycles. The molecule has 1 aliphatic rings. The highest BCUT2D eigenvalue weighted by Crippen LogP contribution is 2.28. The zero-order chi connectivity index (χ0) is 11.7. The molecular weight excluding hydrogens is 200 g/mol. The molecule has 16 heavy (non-hydrogen) atoms. The fourth-order valence-corrected chi connectivity index (χ4v) is 1.86. The molecule has 1 aliphatic carbocycles. The van der Waals surface area contributed by atoms with Gasteiger partial charge in [-0.25, -0.2) is 0 Å². The average molecular weight is 216 g/mol. The SMILES string of the molecule is CC(=O)N(C(=N)c1cccc(C)c1)C1CC1. The van der Waals surface area contributed by atoms with Crippen molar-refractivity contribution in [1.82, 2.24) is 4.90 Å². The molecular formula is C13H16N2O. The summed E-state index contributed by atoms with van der Waals surface area (Å²) < 4.78 is 0. The first-order valence-electron chi connectivity index (χ1n) is 5.55. The molecule has 1 aromatic rings. The van der Waals surface area contributed by atoms with Crippen LogP contribution >= 0.6 is 0 Å². The van der Waals surface area contributed by atoms with Gasteiger partial charge in [-0.1, -0.05) is 23.8 Å². The fraction of sp³-hybridized carbons (Fsp3) is 0.385. The Morgan fingerprint density at radius 1 is 1.44 bits per heavy atom. The lowest BCUT2D eigenvalue weighted by atomic mass is 10.1. The van der Waals surface area contributed by atoms with E-state index in [9.17, 15) is 4.79 Å². The van der Waals surface area contributed by atoms with Crippen molar-refractivity contribution in [1.29, 1.82) is 5.41 Å². The second kappa shape index (κ2) is 4.08. The number of hydrogen-bond donors (Lipinski definition) is 1. The minimum absolute atomic E-state index is 0.0333. The summed E-state index contributed by atoms with van der Waals surface area (Å²) in [4.78, 5) is 13.1. The Morgan fingerprint density at radius 2 is 2.12 bits per heavy atom. The first-order chi connectivity index (χ1) is 7.59. The molecule has 0 heterocycles. The molecule has 1 saturated carbocycles. The number of hydrogen-bond acceptors (Lipinski definition) is 2. The van der Waals surface area contributed by atoms with Crippen molar-refractivity contribution in [3.05, 3.63) is 35.4 Å². The van der Waals surface area contributed by atoms with Gasteiger partial charge < -0.3 is 0 Å². The first-order valence-corrected chi connectivity index (χ1v) is 5.55. The third-order valence-corrected chi connectivity index (χ3v) is 2.78. The smallest absolute Gasteiger partial charge is 0.225 e. The van der Waals surface area contributed by atoms with E-state index in [2.05, 4.69) is 0 Å². The van der Waals surface area contributed by atoms with E-state index in [1.807, 2.05) is 31.2 Å². The molecule has 2 rings (SSSR count). The number of nitrogens with zero attached hydrogens (tertiary/aromatic N) is 1. The van der Waals surface area contributed by atoms with Gasteiger partial charge in [-0.05, 0) is 25.8 Å². The van der Waals surface area contributed by atoms with E-state index in [1.54, 1.807) is 4.90 Å². The van der Waals surface area contributed by atoms with Crippen molar-refractivity contribution in [3.63, 3.8) is 0 Å². The van der Waals surface area contributed by atoms with Crippen LogP contribution in [0.1, 0.15) is 30.9 Å².